The molecule has 0 bridgehead atoms. The number of benzene rings is 1. The number of nitrogens with one attached hydrogen (secondary N) is 1. The van der Waals surface area contributed by atoms with Crippen molar-refractivity contribution in [2.75, 3.05) is 37.7 Å². The molecular weight excluding hydrogens is 323 g/mol. The van der Waals surface area contributed by atoms with Gasteiger partial charge in [0.2, 0.25) is 0 Å². The number of H-pyrrole nitrogens is 1. The number of halogens is 1. The number of hydrogen-bond donors (Lipinski definition) is 1. The summed E-state index contributed by atoms with van der Waals surface area (Å²) in [6.07, 6.45) is 2.68. The third kappa shape index (κ3) is 3.46. The Hall–Kier alpha value is -2.15. The number of anilines is 1. The Kier molecular flexibility index (Phi) is 4.33. The van der Waals surface area contributed by atoms with Gasteiger partial charge in [0.25, 0.3) is 0 Å². The minimum Gasteiger partial charge on any atom is -0.466 e. The lowest BCUT2D eigenvalue weighted by Gasteiger charge is -2.36. The maximum Gasteiger partial charge on any atom is 0.313 e. The first kappa shape index (κ1) is 16.3. The molecule has 2 aromatic rings. The second kappa shape index (κ2) is 6.63. The van der Waals surface area contributed by atoms with E-state index in [2.05, 4.69) is 19.8 Å². The zero-order chi connectivity index (χ0) is 17.4. The zero-order valence-corrected chi connectivity index (χ0v) is 14.4. The molecular formula is C18H23FN4O2. The molecule has 7 heteroatoms. The van der Waals surface area contributed by atoms with E-state index < -0.39 is 0 Å². The van der Waals surface area contributed by atoms with E-state index in [1.54, 1.807) is 13.0 Å². The van der Waals surface area contributed by atoms with Gasteiger partial charge in [0.15, 0.2) is 0 Å². The Bertz CT molecular complexity index is 779. The monoisotopic (exact) mass is 346 g/mol. The lowest BCUT2D eigenvalue weighted by Crippen LogP contribution is -2.47. The summed E-state index contributed by atoms with van der Waals surface area (Å²) in [6, 6.07) is 4.01. The van der Waals surface area contributed by atoms with Crippen molar-refractivity contribution in [3.05, 3.63) is 23.8 Å². The molecule has 1 aromatic heterocycles. The molecule has 1 aliphatic carbocycles. The Labute approximate surface area is 146 Å². The molecule has 0 spiro atoms. The van der Waals surface area contributed by atoms with Gasteiger partial charge in [-0.15, -0.1) is 0 Å². The highest BCUT2D eigenvalue weighted by molar-refractivity contribution is 5.81. The molecule has 2 aliphatic rings. The molecule has 1 N–H and O–H groups in total. The van der Waals surface area contributed by atoms with E-state index in [1.165, 1.54) is 18.9 Å². The summed E-state index contributed by atoms with van der Waals surface area (Å²) in [5.74, 6) is -0.0939. The molecule has 25 heavy (non-hydrogen) atoms. The maximum atomic E-state index is 14.6. The van der Waals surface area contributed by atoms with Crippen LogP contribution in [0.5, 0.6) is 0 Å². The molecule has 134 valence electrons. The van der Waals surface area contributed by atoms with Crippen molar-refractivity contribution in [1.82, 2.24) is 14.9 Å². The topological polar surface area (TPSA) is 61.5 Å². The lowest BCUT2D eigenvalue weighted by atomic mass is 10.2. The largest absolute Gasteiger partial charge is 0.466 e. The minimum atomic E-state index is -0.335. The van der Waals surface area contributed by atoms with Gasteiger partial charge in [0, 0.05) is 38.3 Å². The van der Waals surface area contributed by atoms with E-state index in [0.717, 1.165) is 37.7 Å². The fourth-order valence-electron chi connectivity index (χ4n) is 3.52. The van der Waals surface area contributed by atoms with Crippen LogP contribution >= 0.6 is 0 Å². The molecule has 0 atom stereocenters. The number of esters is 1. The first-order chi connectivity index (χ1) is 12.1. The van der Waals surface area contributed by atoms with Gasteiger partial charge < -0.3 is 14.6 Å². The van der Waals surface area contributed by atoms with Crippen molar-refractivity contribution in [3.8, 4) is 0 Å². The van der Waals surface area contributed by atoms with E-state index >= 15 is 0 Å². The van der Waals surface area contributed by atoms with Crippen LogP contribution in [0.25, 0.3) is 11.0 Å². The zero-order valence-electron chi connectivity index (χ0n) is 14.4. The summed E-state index contributed by atoms with van der Waals surface area (Å²) in [5, 5.41) is 0. The van der Waals surface area contributed by atoms with E-state index in [-0.39, 0.29) is 18.2 Å². The summed E-state index contributed by atoms with van der Waals surface area (Å²) in [4.78, 5) is 23.6. The van der Waals surface area contributed by atoms with Crippen molar-refractivity contribution in [2.24, 2.45) is 0 Å². The maximum absolute atomic E-state index is 14.6. The number of carbonyl (C=O) groups is 1. The van der Waals surface area contributed by atoms with Crippen molar-refractivity contribution < 1.29 is 13.9 Å². The first-order valence-corrected chi connectivity index (χ1v) is 8.97. The summed E-state index contributed by atoms with van der Waals surface area (Å²) >= 11 is 0. The van der Waals surface area contributed by atoms with Gasteiger partial charge in [-0.25, -0.2) is 9.37 Å². The second-order valence-electron chi connectivity index (χ2n) is 6.74. The smallest absolute Gasteiger partial charge is 0.313 e. The van der Waals surface area contributed by atoms with Crippen molar-refractivity contribution >= 4 is 22.7 Å². The van der Waals surface area contributed by atoms with Gasteiger partial charge in [0.05, 0.1) is 23.3 Å². The number of fused-ring (bicyclic) bond motifs is 1. The normalized spacial score (nSPS) is 18.7. The van der Waals surface area contributed by atoms with Crippen LogP contribution in [0.3, 0.4) is 0 Å². The number of aromatic amines is 1. The van der Waals surface area contributed by atoms with Crippen LogP contribution in [0.1, 0.15) is 25.6 Å². The standard InChI is InChI=1S/C18H23FN4O2/c1-2-25-18(24)11-17-20-14-9-13(19)16(10-15(14)21-17)23-7-5-22(6-8-23)12-3-4-12/h9-10,12H,2-8,11H2,1H3,(H,20,21). The predicted octanol–water partition coefficient (Wildman–Crippen LogP) is 2.09. The lowest BCUT2D eigenvalue weighted by molar-refractivity contribution is -0.142. The van der Waals surface area contributed by atoms with Gasteiger partial charge in [-0.05, 0) is 25.8 Å². The molecule has 1 saturated heterocycles. The number of hydrogen-bond acceptors (Lipinski definition) is 5. The highest BCUT2D eigenvalue weighted by Crippen LogP contribution is 2.30. The Morgan fingerprint density at radius 1 is 1.32 bits per heavy atom. The van der Waals surface area contributed by atoms with Gasteiger partial charge in [-0.1, -0.05) is 0 Å². The fourth-order valence-corrected chi connectivity index (χ4v) is 3.52. The summed E-state index contributed by atoms with van der Waals surface area (Å²) in [7, 11) is 0. The summed E-state index contributed by atoms with van der Waals surface area (Å²) in [6.45, 7) is 5.75. The third-order valence-corrected chi connectivity index (χ3v) is 4.93. The highest BCUT2D eigenvalue weighted by Gasteiger charge is 2.31. The second-order valence-corrected chi connectivity index (χ2v) is 6.74. The van der Waals surface area contributed by atoms with Gasteiger partial charge in [-0.2, -0.15) is 0 Å². The number of aromatic nitrogens is 2. The number of carbonyl (C=O) groups excluding carboxylic acids is 1. The number of ether oxygens (including phenoxy) is 1. The predicted molar refractivity (Wildman–Crippen MR) is 93.2 cm³/mol. The van der Waals surface area contributed by atoms with Crippen molar-refractivity contribution in [2.45, 2.75) is 32.2 Å². The molecule has 1 aliphatic heterocycles. The van der Waals surface area contributed by atoms with Gasteiger partial charge in [0.1, 0.15) is 18.1 Å². The average Bonchev–Trinajstić information content (AvgIpc) is 3.36. The number of rotatable bonds is 5. The van der Waals surface area contributed by atoms with Crippen LogP contribution < -0.4 is 4.90 Å². The molecule has 0 unspecified atom stereocenters. The summed E-state index contributed by atoms with van der Waals surface area (Å²) in [5.41, 5.74) is 1.90. The molecule has 0 radical (unpaired) electrons. The van der Waals surface area contributed by atoms with Crippen molar-refractivity contribution in [3.63, 3.8) is 0 Å². The van der Waals surface area contributed by atoms with E-state index in [1.807, 2.05) is 0 Å². The van der Waals surface area contributed by atoms with E-state index in [9.17, 15) is 9.18 Å². The van der Waals surface area contributed by atoms with Crippen LogP contribution in [0.2, 0.25) is 0 Å². The molecule has 4 rings (SSSR count). The van der Waals surface area contributed by atoms with Crippen LogP contribution in [0.4, 0.5) is 10.1 Å². The molecule has 2 heterocycles. The quantitative estimate of drug-likeness (QED) is 0.840. The Balaban J connectivity index is 1.51. The SMILES string of the molecule is CCOC(=O)Cc1nc2cc(F)c(N3CCN(C4CC4)CC3)cc2[nH]1. The first-order valence-electron chi connectivity index (χ1n) is 8.97. The molecule has 0 amide bonds. The van der Waals surface area contributed by atoms with Crippen LogP contribution in [0.15, 0.2) is 12.1 Å². The number of piperazine rings is 1. The van der Waals surface area contributed by atoms with E-state index in [4.69, 9.17) is 4.74 Å². The molecule has 1 saturated carbocycles. The average molecular weight is 346 g/mol. The molecule has 1 aromatic carbocycles. The summed E-state index contributed by atoms with van der Waals surface area (Å²) < 4.78 is 19.5. The minimum absolute atomic E-state index is 0.0690. The fraction of sp³-hybridized carbons (Fsp3) is 0.556. The Morgan fingerprint density at radius 3 is 2.76 bits per heavy atom. The third-order valence-electron chi connectivity index (χ3n) is 4.93. The van der Waals surface area contributed by atoms with Crippen molar-refractivity contribution in [1.29, 1.82) is 0 Å². The van der Waals surface area contributed by atoms with E-state index in [0.29, 0.717) is 23.6 Å². The number of nitrogens with zero attached hydrogens (tertiary/aromatic N) is 3. The van der Waals surface area contributed by atoms with Crippen LogP contribution in [-0.2, 0) is 16.0 Å². The van der Waals surface area contributed by atoms with Crippen LogP contribution in [0, 0.1) is 5.82 Å². The highest BCUT2D eigenvalue weighted by atomic mass is 19.1. The molecule has 6 nitrogen and oxygen atoms in total. The molecule has 2 fully saturated rings. The number of imidazole rings is 1. The van der Waals surface area contributed by atoms with Gasteiger partial charge >= 0.3 is 5.97 Å². The Morgan fingerprint density at radius 2 is 2.08 bits per heavy atom. The van der Waals surface area contributed by atoms with Gasteiger partial charge in [-0.3, -0.25) is 9.69 Å². The van der Waals surface area contributed by atoms with Crippen LogP contribution in [-0.4, -0.2) is 59.7 Å².